The van der Waals surface area contributed by atoms with Crippen molar-refractivity contribution in [2.45, 2.75) is 48.7 Å². The van der Waals surface area contributed by atoms with Gasteiger partial charge >= 0.3 is 0 Å². The quantitative estimate of drug-likeness (QED) is 0.0945. The van der Waals surface area contributed by atoms with E-state index < -0.39 is 17.1 Å². The first-order valence-electron chi connectivity index (χ1n) is 16.4. The molecule has 6 rings (SSSR count). The van der Waals surface area contributed by atoms with Crippen LogP contribution in [0.2, 0.25) is 0 Å². The van der Waals surface area contributed by atoms with Gasteiger partial charge in [0.2, 0.25) is 5.91 Å². The van der Waals surface area contributed by atoms with Crippen LogP contribution in [-0.4, -0.2) is 28.0 Å². The molecule has 0 fully saturated rings. The first-order valence-corrected chi connectivity index (χ1v) is 18.1. The number of carbonyl (C=O) groups is 3. The molecular formula is C40H35N5O3S2. The summed E-state index contributed by atoms with van der Waals surface area (Å²) in [5.41, 5.74) is 4.55. The molecule has 50 heavy (non-hydrogen) atoms. The van der Waals surface area contributed by atoms with Crippen LogP contribution >= 0.6 is 23.1 Å². The van der Waals surface area contributed by atoms with E-state index in [0.717, 1.165) is 34.6 Å². The lowest BCUT2D eigenvalue weighted by atomic mass is 9.83. The molecule has 2 aromatic heterocycles. The van der Waals surface area contributed by atoms with Crippen molar-refractivity contribution in [3.8, 4) is 6.07 Å². The lowest BCUT2D eigenvalue weighted by molar-refractivity contribution is -0.116. The Morgan fingerprint density at radius 1 is 1.00 bits per heavy atom. The summed E-state index contributed by atoms with van der Waals surface area (Å²) >= 11 is 2.90. The maximum Gasteiger partial charge on any atom is 0.272 e. The van der Waals surface area contributed by atoms with Gasteiger partial charge in [0.15, 0.2) is 0 Å². The van der Waals surface area contributed by atoms with Gasteiger partial charge in [0.25, 0.3) is 11.8 Å². The van der Waals surface area contributed by atoms with E-state index in [1.165, 1.54) is 28.7 Å². The van der Waals surface area contributed by atoms with Crippen molar-refractivity contribution in [1.82, 2.24) is 10.3 Å². The number of nitrogens with one attached hydrogen (secondary N) is 3. The normalized spacial score (nSPS) is 14.5. The van der Waals surface area contributed by atoms with Crippen LogP contribution in [0.25, 0.3) is 6.08 Å². The van der Waals surface area contributed by atoms with Crippen LogP contribution in [0.4, 0.5) is 10.7 Å². The van der Waals surface area contributed by atoms with Crippen molar-refractivity contribution in [2.24, 2.45) is 0 Å². The third kappa shape index (κ3) is 8.37. The Morgan fingerprint density at radius 3 is 2.50 bits per heavy atom. The summed E-state index contributed by atoms with van der Waals surface area (Å²) in [5.74, 6) is -0.706. The highest BCUT2D eigenvalue weighted by Gasteiger charge is 2.28. The summed E-state index contributed by atoms with van der Waals surface area (Å²) in [7, 11) is 0. The number of rotatable bonds is 11. The lowest BCUT2D eigenvalue weighted by Gasteiger charge is -2.22. The molecule has 3 aromatic carbocycles. The minimum atomic E-state index is -0.509. The Bertz CT molecular complexity index is 2060. The Balaban J connectivity index is 1.14. The summed E-state index contributed by atoms with van der Waals surface area (Å²) in [6.45, 7) is 1.95. The summed E-state index contributed by atoms with van der Waals surface area (Å²) in [6.07, 6.45) is 7.98. The Kier molecular flexibility index (Phi) is 11.2. The van der Waals surface area contributed by atoms with E-state index >= 15 is 0 Å². The molecule has 8 nitrogen and oxygen atoms in total. The van der Waals surface area contributed by atoms with Crippen LogP contribution in [0.15, 0.2) is 120 Å². The van der Waals surface area contributed by atoms with Crippen LogP contribution < -0.4 is 16.0 Å². The number of aromatic nitrogens is 1. The van der Waals surface area contributed by atoms with Crippen molar-refractivity contribution in [3.63, 3.8) is 0 Å². The van der Waals surface area contributed by atoms with Crippen molar-refractivity contribution in [1.29, 1.82) is 5.26 Å². The molecule has 3 amide bonds. The van der Waals surface area contributed by atoms with Crippen molar-refractivity contribution >= 4 is 57.6 Å². The van der Waals surface area contributed by atoms with E-state index in [0.29, 0.717) is 39.7 Å². The second-order valence-corrected chi connectivity index (χ2v) is 14.2. The summed E-state index contributed by atoms with van der Waals surface area (Å²) in [4.78, 5) is 46.1. The van der Waals surface area contributed by atoms with Gasteiger partial charge in [0.05, 0.1) is 10.8 Å². The Hall–Kier alpha value is -5.50. The molecule has 2 heterocycles. The van der Waals surface area contributed by atoms with Gasteiger partial charge < -0.3 is 16.0 Å². The van der Waals surface area contributed by atoms with Gasteiger partial charge in [-0.05, 0) is 90.8 Å². The maximum absolute atomic E-state index is 13.6. The molecule has 0 spiro atoms. The largest absolute Gasteiger partial charge is 0.321 e. The predicted molar refractivity (Wildman–Crippen MR) is 200 cm³/mol. The molecule has 2 unspecified atom stereocenters. The third-order valence-electron chi connectivity index (χ3n) is 8.44. The van der Waals surface area contributed by atoms with Gasteiger partial charge in [0.1, 0.15) is 16.8 Å². The SMILES string of the molecule is CCC(Sc1cccc(NC(=O)/C(=C/c2cccnc2)NC(=O)c2ccccc2)c1)C(=O)Nc1sc2c(c1C#N)CCC(c1ccccc1)C2. The number of pyridine rings is 1. The second-order valence-electron chi connectivity index (χ2n) is 11.8. The molecule has 250 valence electrons. The predicted octanol–water partition coefficient (Wildman–Crippen LogP) is 8.21. The third-order valence-corrected chi connectivity index (χ3v) is 11.0. The highest BCUT2D eigenvalue weighted by molar-refractivity contribution is 8.00. The molecule has 0 radical (unpaired) electrons. The summed E-state index contributed by atoms with van der Waals surface area (Å²) in [6, 6.07) is 32.2. The second kappa shape index (κ2) is 16.3. The number of hydrogen-bond donors (Lipinski definition) is 3. The molecule has 0 saturated carbocycles. The van der Waals surface area contributed by atoms with Gasteiger partial charge in [0, 0.05) is 33.4 Å². The highest BCUT2D eigenvalue weighted by Crippen LogP contribution is 2.42. The number of amides is 3. The maximum atomic E-state index is 13.6. The Morgan fingerprint density at radius 2 is 1.78 bits per heavy atom. The molecule has 2 atom stereocenters. The van der Waals surface area contributed by atoms with Gasteiger partial charge in [-0.15, -0.1) is 23.1 Å². The molecule has 1 aliphatic carbocycles. The summed E-state index contributed by atoms with van der Waals surface area (Å²) in [5, 5.41) is 18.9. The van der Waals surface area contributed by atoms with E-state index in [1.807, 2.05) is 25.1 Å². The molecule has 0 saturated heterocycles. The number of fused-ring (bicyclic) bond motifs is 1. The van der Waals surface area contributed by atoms with E-state index in [4.69, 9.17) is 0 Å². The fourth-order valence-corrected chi connectivity index (χ4v) is 8.19. The van der Waals surface area contributed by atoms with Gasteiger partial charge in [-0.2, -0.15) is 5.26 Å². The average Bonchev–Trinajstić information content (AvgIpc) is 3.50. The fraction of sp³-hybridized carbons (Fsp3) is 0.175. The number of carbonyl (C=O) groups excluding carboxylic acids is 3. The van der Waals surface area contributed by atoms with Crippen molar-refractivity contribution in [2.75, 3.05) is 10.6 Å². The van der Waals surface area contributed by atoms with Crippen LogP contribution in [-0.2, 0) is 22.4 Å². The smallest absolute Gasteiger partial charge is 0.272 e. The molecule has 5 aromatic rings. The lowest BCUT2D eigenvalue weighted by Crippen LogP contribution is -2.30. The zero-order chi connectivity index (χ0) is 34.9. The van der Waals surface area contributed by atoms with E-state index in [9.17, 15) is 19.6 Å². The number of hydrogen-bond acceptors (Lipinski definition) is 7. The molecule has 0 bridgehead atoms. The Labute approximate surface area is 299 Å². The number of thiophene rings is 1. The molecule has 0 aliphatic heterocycles. The minimum Gasteiger partial charge on any atom is -0.321 e. The number of nitrogens with zero attached hydrogens (tertiary/aromatic N) is 2. The zero-order valence-corrected chi connectivity index (χ0v) is 29.0. The number of nitriles is 1. The van der Waals surface area contributed by atoms with Gasteiger partial charge in [-0.3, -0.25) is 19.4 Å². The first kappa shape index (κ1) is 34.4. The van der Waals surface area contributed by atoms with E-state index in [1.54, 1.807) is 73.1 Å². The van der Waals surface area contributed by atoms with Crippen molar-refractivity contribution < 1.29 is 14.4 Å². The molecule has 10 heteroatoms. The molecule has 1 aliphatic rings. The fourth-order valence-electron chi connectivity index (χ4n) is 5.90. The standard InChI is InChI=1S/C40H35N5O3S2/c1-2-35(39(48)45-40-33(24-41)32-19-18-29(22-36(32)50-40)27-12-5-3-6-13-27)49-31-17-9-16-30(23-31)43-38(47)34(21-26-11-10-20-42-25-26)44-37(46)28-14-7-4-8-15-28/h3-17,20-21,23,25,29,35H,2,18-19,22H2,1H3,(H,43,47)(H,44,46)(H,45,48)/b34-21-. The molecular weight excluding hydrogens is 663 g/mol. The molecule has 3 N–H and O–H groups in total. The number of benzene rings is 3. The number of thioether (sulfide) groups is 1. The van der Waals surface area contributed by atoms with Gasteiger partial charge in [-0.25, -0.2) is 0 Å². The average molecular weight is 698 g/mol. The van der Waals surface area contributed by atoms with Gasteiger partial charge in [-0.1, -0.05) is 67.6 Å². The monoisotopic (exact) mass is 697 g/mol. The van der Waals surface area contributed by atoms with Crippen LogP contribution in [0.3, 0.4) is 0 Å². The number of anilines is 2. The van der Waals surface area contributed by atoms with Crippen LogP contribution in [0.5, 0.6) is 0 Å². The van der Waals surface area contributed by atoms with Crippen LogP contribution in [0, 0.1) is 11.3 Å². The van der Waals surface area contributed by atoms with Crippen LogP contribution in [0.1, 0.15) is 63.2 Å². The highest BCUT2D eigenvalue weighted by atomic mass is 32.2. The first-order chi connectivity index (χ1) is 24.4. The summed E-state index contributed by atoms with van der Waals surface area (Å²) < 4.78 is 0. The zero-order valence-electron chi connectivity index (χ0n) is 27.4. The minimum absolute atomic E-state index is 0.0535. The van der Waals surface area contributed by atoms with Crippen molar-refractivity contribution in [3.05, 3.63) is 148 Å². The topological polar surface area (TPSA) is 124 Å². The van der Waals surface area contributed by atoms with E-state index in [2.05, 4.69) is 51.3 Å². The van der Waals surface area contributed by atoms with E-state index in [-0.39, 0.29) is 11.6 Å².